The van der Waals surface area contributed by atoms with Gasteiger partial charge in [0.2, 0.25) is 0 Å². The number of hydrogen-bond acceptors (Lipinski definition) is 5. The van der Waals surface area contributed by atoms with Crippen molar-refractivity contribution in [3.8, 4) is 11.5 Å². The Morgan fingerprint density at radius 3 is 2.07 bits per heavy atom. The largest absolute Gasteiger partial charge is 0.497 e. The normalized spacial score (nSPS) is 12.3. The Morgan fingerprint density at radius 2 is 1.57 bits per heavy atom. The maximum Gasteiger partial charge on any atom is 0.308 e. The van der Waals surface area contributed by atoms with Crippen LogP contribution in [0.15, 0.2) is 48.5 Å². The summed E-state index contributed by atoms with van der Waals surface area (Å²) in [6.45, 7) is 5.98. The summed E-state index contributed by atoms with van der Waals surface area (Å²) >= 11 is 0. The third-order valence-corrected chi connectivity index (χ3v) is 5.73. The third-order valence-electron chi connectivity index (χ3n) is 4.57. The van der Waals surface area contributed by atoms with Crippen LogP contribution in [0.4, 0.5) is 0 Å². The van der Waals surface area contributed by atoms with Crippen molar-refractivity contribution in [3.05, 3.63) is 59.7 Å². The number of nitrogens with zero attached hydrogens (tertiary/aromatic N) is 1. The summed E-state index contributed by atoms with van der Waals surface area (Å²) < 4.78 is 33.3. The van der Waals surface area contributed by atoms with E-state index >= 15 is 0 Å². The van der Waals surface area contributed by atoms with Crippen molar-refractivity contribution in [2.24, 2.45) is 0 Å². The number of benzene rings is 2. The fraction of sp³-hybridized carbons (Fsp3) is 0.381. The zero-order chi connectivity index (χ0) is 20.7. The molecule has 1 atom stereocenters. The predicted octanol–water partition coefficient (Wildman–Crippen LogP) is 3.86. The van der Waals surface area contributed by atoms with Crippen molar-refractivity contribution in [2.45, 2.75) is 39.8 Å². The van der Waals surface area contributed by atoms with Gasteiger partial charge in [0.05, 0.1) is 12.9 Å². The molecule has 0 saturated heterocycles. The Bertz CT molecular complexity index is 876. The molecule has 2 aromatic carbocycles. The summed E-state index contributed by atoms with van der Waals surface area (Å²) in [5.41, 5.74) is 1.48. The van der Waals surface area contributed by atoms with Crippen LogP contribution >= 0.6 is 0 Å². The van der Waals surface area contributed by atoms with Crippen LogP contribution in [0.5, 0.6) is 11.5 Å². The van der Waals surface area contributed by atoms with E-state index in [0.717, 1.165) is 12.0 Å². The average Bonchev–Trinajstić information content (AvgIpc) is 2.72. The Labute approximate surface area is 167 Å². The van der Waals surface area contributed by atoms with E-state index in [4.69, 9.17) is 8.92 Å². The average molecular weight is 406 g/mol. The van der Waals surface area contributed by atoms with Gasteiger partial charge in [-0.05, 0) is 62.2 Å². The molecule has 0 bridgehead atoms. The first-order chi connectivity index (χ1) is 13.3. The highest BCUT2D eigenvalue weighted by Crippen LogP contribution is 2.20. The molecule has 1 amide bonds. The lowest BCUT2D eigenvalue weighted by atomic mass is 10.1. The summed E-state index contributed by atoms with van der Waals surface area (Å²) in [6, 6.07) is 13.8. The molecule has 152 valence electrons. The maximum absolute atomic E-state index is 13.0. The molecule has 28 heavy (non-hydrogen) atoms. The molecule has 0 spiro atoms. The molecule has 0 saturated carbocycles. The van der Waals surface area contributed by atoms with Gasteiger partial charge in [-0.25, -0.2) is 0 Å². The number of amides is 1. The highest BCUT2D eigenvalue weighted by Gasteiger charge is 2.21. The Balaban J connectivity index is 2.18. The van der Waals surface area contributed by atoms with Crippen LogP contribution < -0.4 is 8.92 Å². The molecule has 0 fully saturated rings. The minimum Gasteiger partial charge on any atom is -0.497 e. The molecule has 7 heteroatoms. The van der Waals surface area contributed by atoms with E-state index < -0.39 is 10.1 Å². The first kappa shape index (κ1) is 21.8. The zero-order valence-electron chi connectivity index (χ0n) is 16.7. The molecule has 6 nitrogen and oxygen atoms in total. The number of rotatable bonds is 9. The molecule has 0 aromatic heterocycles. The van der Waals surface area contributed by atoms with Crippen LogP contribution in [-0.4, -0.2) is 38.1 Å². The molecule has 2 rings (SSSR count). The van der Waals surface area contributed by atoms with E-state index in [-0.39, 0.29) is 23.5 Å². The summed E-state index contributed by atoms with van der Waals surface area (Å²) in [7, 11) is -1.97. The number of methoxy groups -OCH3 is 1. The van der Waals surface area contributed by atoms with E-state index in [0.29, 0.717) is 17.9 Å². The van der Waals surface area contributed by atoms with Crippen LogP contribution in [0.25, 0.3) is 0 Å². The van der Waals surface area contributed by atoms with Gasteiger partial charge in [-0.3, -0.25) is 4.79 Å². The second-order valence-electron chi connectivity index (χ2n) is 6.49. The molecule has 0 heterocycles. The lowest BCUT2D eigenvalue weighted by Gasteiger charge is -2.29. The van der Waals surface area contributed by atoms with Gasteiger partial charge in [0.25, 0.3) is 5.91 Å². The highest BCUT2D eigenvalue weighted by atomic mass is 32.2. The Morgan fingerprint density at radius 1 is 1.00 bits per heavy atom. The molecule has 0 aliphatic heterocycles. The van der Waals surface area contributed by atoms with Crippen molar-refractivity contribution >= 4 is 16.0 Å². The van der Waals surface area contributed by atoms with Crippen LogP contribution in [0.2, 0.25) is 0 Å². The number of carbonyl (C=O) groups excluding carboxylic acids is 1. The number of ether oxygens (including phenoxy) is 1. The summed E-state index contributed by atoms with van der Waals surface area (Å²) in [4.78, 5) is 14.8. The van der Waals surface area contributed by atoms with Crippen molar-refractivity contribution in [3.63, 3.8) is 0 Å². The van der Waals surface area contributed by atoms with Gasteiger partial charge in [-0.1, -0.05) is 19.1 Å². The lowest BCUT2D eigenvalue weighted by molar-refractivity contribution is 0.0671. The Kier molecular flexibility index (Phi) is 7.45. The van der Waals surface area contributed by atoms with E-state index in [1.807, 2.05) is 13.8 Å². The topological polar surface area (TPSA) is 72.9 Å². The summed E-state index contributed by atoms with van der Waals surface area (Å²) in [5.74, 6) is 0.810. The SMILES string of the molecule is CCC(C)N(Cc1ccc(OS(=O)(=O)CC)cc1)C(=O)c1ccc(OC)cc1. The smallest absolute Gasteiger partial charge is 0.308 e. The van der Waals surface area contributed by atoms with Crippen LogP contribution in [0.1, 0.15) is 43.1 Å². The van der Waals surface area contributed by atoms with Gasteiger partial charge in [-0.15, -0.1) is 0 Å². The quantitative estimate of drug-likeness (QED) is 0.592. The van der Waals surface area contributed by atoms with E-state index in [1.165, 1.54) is 6.92 Å². The van der Waals surface area contributed by atoms with Crippen molar-refractivity contribution in [2.75, 3.05) is 12.9 Å². The molecule has 0 radical (unpaired) electrons. The van der Waals surface area contributed by atoms with E-state index in [2.05, 4.69) is 0 Å². The first-order valence-corrected chi connectivity index (χ1v) is 10.8. The second kappa shape index (κ2) is 9.59. The van der Waals surface area contributed by atoms with E-state index in [9.17, 15) is 13.2 Å². The van der Waals surface area contributed by atoms with Crippen LogP contribution in [0.3, 0.4) is 0 Å². The molecule has 0 N–H and O–H groups in total. The minimum atomic E-state index is -3.56. The minimum absolute atomic E-state index is 0.0472. The fourth-order valence-corrected chi connectivity index (χ4v) is 3.12. The monoisotopic (exact) mass is 405 g/mol. The van der Waals surface area contributed by atoms with Gasteiger partial charge in [0.15, 0.2) is 0 Å². The lowest BCUT2D eigenvalue weighted by Crippen LogP contribution is -2.37. The summed E-state index contributed by atoms with van der Waals surface area (Å²) in [6.07, 6.45) is 0.817. The van der Waals surface area contributed by atoms with Gasteiger partial charge in [0.1, 0.15) is 11.5 Å². The molecular weight excluding hydrogens is 378 g/mol. The third kappa shape index (κ3) is 5.73. The molecule has 2 aromatic rings. The van der Waals surface area contributed by atoms with Crippen LogP contribution in [-0.2, 0) is 16.7 Å². The van der Waals surface area contributed by atoms with Gasteiger partial charge >= 0.3 is 10.1 Å². The van der Waals surface area contributed by atoms with Crippen LogP contribution in [0, 0.1) is 0 Å². The maximum atomic E-state index is 13.0. The number of carbonyl (C=O) groups is 1. The van der Waals surface area contributed by atoms with E-state index in [1.54, 1.807) is 60.5 Å². The summed E-state index contributed by atoms with van der Waals surface area (Å²) in [5, 5.41) is 0. The Hall–Kier alpha value is -2.54. The molecular formula is C21H27NO5S. The fourth-order valence-electron chi connectivity index (χ4n) is 2.60. The van der Waals surface area contributed by atoms with Gasteiger partial charge < -0.3 is 13.8 Å². The van der Waals surface area contributed by atoms with Crippen molar-refractivity contribution < 1.29 is 22.1 Å². The molecule has 0 aliphatic carbocycles. The number of hydrogen-bond donors (Lipinski definition) is 0. The van der Waals surface area contributed by atoms with Gasteiger partial charge in [-0.2, -0.15) is 8.42 Å². The standard InChI is InChI=1S/C21H27NO5S/c1-5-16(3)22(21(23)18-9-13-19(26-4)14-10-18)15-17-7-11-20(12-8-17)27-28(24,25)6-2/h7-14,16H,5-6,15H2,1-4H3. The molecule has 0 aliphatic rings. The van der Waals surface area contributed by atoms with Crippen molar-refractivity contribution in [1.29, 1.82) is 0 Å². The second-order valence-corrected chi connectivity index (χ2v) is 8.35. The van der Waals surface area contributed by atoms with Crippen molar-refractivity contribution in [1.82, 2.24) is 4.90 Å². The van der Waals surface area contributed by atoms with Gasteiger partial charge in [0, 0.05) is 18.2 Å². The highest BCUT2D eigenvalue weighted by molar-refractivity contribution is 7.87. The zero-order valence-corrected chi connectivity index (χ0v) is 17.5. The predicted molar refractivity (Wildman–Crippen MR) is 109 cm³/mol. The molecule has 1 unspecified atom stereocenters. The first-order valence-electron chi connectivity index (χ1n) is 9.25.